The minimum atomic E-state index is -0.108. The number of carbonyl (C=O) groups excluding carboxylic acids is 1. The molecule has 3 unspecified atom stereocenters. The molecule has 2 aromatic carbocycles. The molecule has 2 aliphatic carbocycles. The van der Waals surface area contributed by atoms with E-state index in [9.17, 15) is 4.79 Å². The predicted molar refractivity (Wildman–Crippen MR) is 91.0 cm³/mol. The number of esters is 1. The third-order valence-electron chi connectivity index (χ3n) is 5.04. The topological polar surface area (TPSA) is 26.3 Å². The van der Waals surface area contributed by atoms with Gasteiger partial charge in [-0.25, -0.2) is 0 Å². The Kier molecular flexibility index (Phi) is 3.74. The SMILES string of the molecule is O=C(CC1CC2C=CC1C2)Oc1ccc(-c2ccccc2)cc1. The van der Waals surface area contributed by atoms with E-state index in [2.05, 4.69) is 24.3 Å². The zero-order chi connectivity index (χ0) is 15.6. The van der Waals surface area contributed by atoms with Gasteiger partial charge < -0.3 is 4.74 Å². The fourth-order valence-electron chi connectivity index (χ4n) is 3.86. The summed E-state index contributed by atoms with van der Waals surface area (Å²) in [4.78, 5) is 12.2. The van der Waals surface area contributed by atoms with Crippen molar-refractivity contribution in [3.8, 4) is 16.9 Å². The second kappa shape index (κ2) is 6.04. The van der Waals surface area contributed by atoms with Gasteiger partial charge in [-0.2, -0.15) is 0 Å². The van der Waals surface area contributed by atoms with Crippen LogP contribution >= 0.6 is 0 Å². The van der Waals surface area contributed by atoms with Gasteiger partial charge in [-0.15, -0.1) is 0 Å². The van der Waals surface area contributed by atoms with Crippen LogP contribution in [0.4, 0.5) is 0 Å². The molecule has 0 N–H and O–H groups in total. The largest absolute Gasteiger partial charge is 0.427 e. The molecule has 0 aromatic heterocycles. The van der Waals surface area contributed by atoms with Crippen LogP contribution in [0.5, 0.6) is 5.75 Å². The normalized spacial score (nSPS) is 24.8. The van der Waals surface area contributed by atoms with Crippen LogP contribution in [0.15, 0.2) is 66.7 Å². The molecule has 3 atom stereocenters. The van der Waals surface area contributed by atoms with Crippen molar-refractivity contribution >= 4 is 5.97 Å². The van der Waals surface area contributed by atoms with Crippen LogP contribution in [0.25, 0.3) is 11.1 Å². The summed E-state index contributed by atoms with van der Waals surface area (Å²) in [7, 11) is 0. The van der Waals surface area contributed by atoms with Crippen molar-refractivity contribution in [2.24, 2.45) is 17.8 Å². The smallest absolute Gasteiger partial charge is 0.311 e. The Labute approximate surface area is 136 Å². The molecule has 0 saturated heterocycles. The molecular formula is C21H20O2. The van der Waals surface area contributed by atoms with E-state index in [0.29, 0.717) is 29.9 Å². The first-order valence-electron chi connectivity index (χ1n) is 8.32. The molecule has 0 aliphatic heterocycles. The number of rotatable bonds is 4. The predicted octanol–water partition coefficient (Wildman–Crippen LogP) is 4.86. The number of benzene rings is 2. The van der Waals surface area contributed by atoms with Crippen LogP contribution in [-0.2, 0) is 4.79 Å². The van der Waals surface area contributed by atoms with Crippen LogP contribution in [0.2, 0.25) is 0 Å². The zero-order valence-electron chi connectivity index (χ0n) is 13.0. The van der Waals surface area contributed by atoms with Gasteiger partial charge in [0.1, 0.15) is 5.75 Å². The molecule has 23 heavy (non-hydrogen) atoms. The van der Waals surface area contributed by atoms with Gasteiger partial charge in [-0.3, -0.25) is 4.79 Å². The van der Waals surface area contributed by atoms with Gasteiger partial charge in [0.2, 0.25) is 0 Å². The molecule has 2 heteroatoms. The highest BCUT2D eigenvalue weighted by atomic mass is 16.5. The van der Waals surface area contributed by atoms with Gasteiger partial charge in [0.15, 0.2) is 0 Å². The van der Waals surface area contributed by atoms with E-state index in [0.717, 1.165) is 12.0 Å². The van der Waals surface area contributed by atoms with Gasteiger partial charge in [-0.05, 0) is 53.9 Å². The molecular weight excluding hydrogens is 284 g/mol. The summed E-state index contributed by atoms with van der Waals surface area (Å²) in [6, 6.07) is 17.9. The third-order valence-corrected chi connectivity index (χ3v) is 5.04. The Hall–Kier alpha value is -2.35. The average molecular weight is 304 g/mol. The lowest BCUT2D eigenvalue weighted by Crippen LogP contribution is -2.17. The van der Waals surface area contributed by atoms with Crippen molar-refractivity contribution in [1.82, 2.24) is 0 Å². The molecule has 0 heterocycles. The maximum absolute atomic E-state index is 12.2. The Morgan fingerprint density at radius 2 is 1.65 bits per heavy atom. The van der Waals surface area contributed by atoms with Crippen molar-refractivity contribution in [3.05, 3.63) is 66.7 Å². The summed E-state index contributed by atoms with van der Waals surface area (Å²) in [6.07, 6.45) is 7.48. The molecule has 0 radical (unpaired) electrons. The maximum Gasteiger partial charge on any atom is 0.311 e. The summed E-state index contributed by atoms with van der Waals surface area (Å²) in [5, 5.41) is 0. The summed E-state index contributed by atoms with van der Waals surface area (Å²) < 4.78 is 5.51. The first kappa shape index (κ1) is 14.3. The van der Waals surface area contributed by atoms with Gasteiger partial charge in [0.05, 0.1) is 0 Å². The highest BCUT2D eigenvalue weighted by molar-refractivity contribution is 5.73. The standard InChI is InChI=1S/C21H20O2/c22-21(14-19-13-15-6-7-18(19)12-15)23-20-10-8-17(9-11-20)16-4-2-1-3-5-16/h1-11,15,18-19H,12-14H2. The molecule has 2 aliphatic rings. The second-order valence-corrected chi connectivity index (χ2v) is 6.61. The van der Waals surface area contributed by atoms with E-state index in [1.807, 2.05) is 42.5 Å². The summed E-state index contributed by atoms with van der Waals surface area (Å²) in [5.41, 5.74) is 2.29. The molecule has 2 bridgehead atoms. The highest BCUT2D eigenvalue weighted by Gasteiger charge is 2.36. The fourth-order valence-corrected chi connectivity index (χ4v) is 3.86. The Balaban J connectivity index is 1.37. The van der Waals surface area contributed by atoms with Crippen molar-refractivity contribution < 1.29 is 9.53 Å². The number of carbonyl (C=O) groups is 1. The first-order valence-corrected chi connectivity index (χ1v) is 8.32. The Bertz CT molecular complexity index is 715. The number of fused-ring (bicyclic) bond motifs is 2. The van der Waals surface area contributed by atoms with Crippen LogP contribution in [0.3, 0.4) is 0 Å². The van der Waals surface area contributed by atoms with Gasteiger partial charge in [0.25, 0.3) is 0 Å². The van der Waals surface area contributed by atoms with Gasteiger partial charge >= 0.3 is 5.97 Å². The number of ether oxygens (including phenoxy) is 1. The zero-order valence-corrected chi connectivity index (χ0v) is 13.0. The quantitative estimate of drug-likeness (QED) is 0.458. The van der Waals surface area contributed by atoms with E-state index in [1.54, 1.807) is 0 Å². The van der Waals surface area contributed by atoms with Crippen LogP contribution in [0.1, 0.15) is 19.3 Å². The van der Waals surface area contributed by atoms with E-state index < -0.39 is 0 Å². The van der Waals surface area contributed by atoms with Crippen LogP contribution in [0, 0.1) is 17.8 Å². The lowest BCUT2D eigenvalue weighted by molar-refractivity contribution is -0.135. The number of hydrogen-bond acceptors (Lipinski definition) is 2. The Morgan fingerprint density at radius 1 is 0.913 bits per heavy atom. The van der Waals surface area contributed by atoms with E-state index in [4.69, 9.17) is 4.74 Å². The number of allylic oxidation sites excluding steroid dienone is 2. The van der Waals surface area contributed by atoms with E-state index in [1.165, 1.54) is 12.0 Å². The van der Waals surface area contributed by atoms with Crippen LogP contribution in [-0.4, -0.2) is 5.97 Å². The van der Waals surface area contributed by atoms with E-state index >= 15 is 0 Å². The van der Waals surface area contributed by atoms with Crippen molar-refractivity contribution in [1.29, 1.82) is 0 Å². The Morgan fingerprint density at radius 3 is 2.30 bits per heavy atom. The van der Waals surface area contributed by atoms with Crippen molar-refractivity contribution in [3.63, 3.8) is 0 Å². The molecule has 0 amide bonds. The number of hydrogen-bond donors (Lipinski definition) is 0. The van der Waals surface area contributed by atoms with Crippen LogP contribution < -0.4 is 4.74 Å². The lowest BCUT2D eigenvalue weighted by atomic mass is 9.91. The molecule has 4 rings (SSSR count). The molecule has 116 valence electrons. The van der Waals surface area contributed by atoms with Crippen molar-refractivity contribution in [2.45, 2.75) is 19.3 Å². The minimum Gasteiger partial charge on any atom is -0.427 e. The third kappa shape index (κ3) is 3.07. The summed E-state index contributed by atoms with van der Waals surface area (Å²) in [6.45, 7) is 0. The van der Waals surface area contributed by atoms with Crippen molar-refractivity contribution in [2.75, 3.05) is 0 Å². The summed E-state index contributed by atoms with van der Waals surface area (Å²) in [5.74, 6) is 2.29. The second-order valence-electron chi connectivity index (χ2n) is 6.61. The lowest BCUT2D eigenvalue weighted by Gasteiger charge is -2.16. The molecule has 1 saturated carbocycles. The van der Waals surface area contributed by atoms with E-state index in [-0.39, 0.29) is 5.97 Å². The monoisotopic (exact) mass is 304 g/mol. The highest BCUT2D eigenvalue weighted by Crippen LogP contribution is 2.45. The molecule has 1 fully saturated rings. The average Bonchev–Trinajstić information content (AvgIpc) is 3.19. The molecule has 0 spiro atoms. The van der Waals surface area contributed by atoms with Gasteiger partial charge in [0, 0.05) is 6.42 Å². The first-order chi connectivity index (χ1) is 11.3. The minimum absolute atomic E-state index is 0.108. The molecule has 2 nitrogen and oxygen atoms in total. The van der Waals surface area contributed by atoms with Gasteiger partial charge in [-0.1, -0.05) is 54.6 Å². The maximum atomic E-state index is 12.2. The molecule has 2 aromatic rings. The summed E-state index contributed by atoms with van der Waals surface area (Å²) >= 11 is 0. The fraction of sp³-hybridized carbons (Fsp3) is 0.286.